The van der Waals surface area contributed by atoms with Crippen molar-refractivity contribution < 1.29 is 4.74 Å². The molecular formula is C12H15N3O. The number of hydrogen-bond donors (Lipinski definition) is 1. The molecule has 84 valence electrons. The van der Waals surface area contributed by atoms with E-state index in [1.54, 1.807) is 12.3 Å². The van der Waals surface area contributed by atoms with Gasteiger partial charge in [-0.15, -0.1) is 0 Å². The van der Waals surface area contributed by atoms with Crippen molar-refractivity contribution in [2.75, 3.05) is 11.9 Å². The van der Waals surface area contributed by atoms with Crippen LogP contribution in [-0.4, -0.2) is 23.7 Å². The Bertz CT molecular complexity index is 399. The molecule has 2 unspecified atom stereocenters. The maximum atomic E-state index is 8.75. The third kappa shape index (κ3) is 2.71. The van der Waals surface area contributed by atoms with Crippen LogP contribution in [0, 0.1) is 11.3 Å². The first-order valence-electron chi connectivity index (χ1n) is 5.52. The molecule has 1 saturated heterocycles. The minimum absolute atomic E-state index is 0.309. The zero-order valence-corrected chi connectivity index (χ0v) is 9.31. The number of rotatable bonds is 2. The summed E-state index contributed by atoms with van der Waals surface area (Å²) in [4.78, 5) is 3.94. The number of pyridine rings is 1. The molecule has 0 bridgehead atoms. The fourth-order valence-corrected chi connectivity index (χ4v) is 1.95. The Morgan fingerprint density at radius 3 is 3.25 bits per heavy atom. The first kappa shape index (κ1) is 10.9. The Morgan fingerprint density at radius 2 is 2.50 bits per heavy atom. The Balaban J connectivity index is 2.00. The van der Waals surface area contributed by atoms with Crippen LogP contribution in [-0.2, 0) is 4.74 Å². The van der Waals surface area contributed by atoms with Crippen LogP contribution < -0.4 is 5.32 Å². The Labute approximate surface area is 95.3 Å². The Morgan fingerprint density at radius 1 is 1.62 bits per heavy atom. The largest absolute Gasteiger partial charge is 0.382 e. The topological polar surface area (TPSA) is 57.9 Å². The fraction of sp³-hybridized carbons (Fsp3) is 0.500. The van der Waals surface area contributed by atoms with E-state index in [0.29, 0.717) is 17.8 Å². The van der Waals surface area contributed by atoms with E-state index in [9.17, 15) is 0 Å². The van der Waals surface area contributed by atoms with Crippen LogP contribution in [0.15, 0.2) is 18.3 Å². The van der Waals surface area contributed by atoms with Crippen LogP contribution in [0.4, 0.5) is 5.69 Å². The smallest absolute Gasteiger partial charge is 0.142 e. The van der Waals surface area contributed by atoms with Crippen LogP contribution >= 0.6 is 0 Å². The van der Waals surface area contributed by atoms with Gasteiger partial charge in [0.2, 0.25) is 0 Å². The molecule has 0 amide bonds. The van der Waals surface area contributed by atoms with Gasteiger partial charge in [0.15, 0.2) is 0 Å². The highest BCUT2D eigenvalue weighted by Crippen LogP contribution is 2.18. The normalized spacial score (nSPS) is 24.8. The average molecular weight is 217 g/mol. The van der Waals surface area contributed by atoms with Gasteiger partial charge >= 0.3 is 0 Å². The van der Waals surface area contributed by atoms with Crippen molar-refractivity contribution in [3.8, 4) is 6.07 Å². The standard InChI is InChI=1S/C12H15N3O/c1-9-6-11(3-5-16-9)15-10-2-4-14-12(7-10)8-13/h2,4,7,9,11H,3,5-6H2,1H3,(H,14,15). The van der Waals surface area contributed by atoms with E-state index in [1.165, 1.54) is 0 Å². The predicted octanol–water partition coefficient (Wildman–Crippen LogP) is 1.93. The summed E-state index contributed by atoms with van der Waals surface area (Å²) >= 11 is 0. The summed E-state index contributed by atoms with van der Waals surface area (Å²) in [6, 6.07) is 6.13. The molecule has 4 nitrogen and oxygen atoms in total. The third-order valence-corrected chi connectivity index (χ3v) is 2.73. The molecule has 0 aliphatic carbocycles. The second-order valence-corrected chi connectivity index (χ2v) is 4.09. The summed E-state index contributed by atoms with van der Waals surface area (Å²) in [7, 11) is 0. The number of nitriles is 1. The van der Waals surface area contributed by atoms with Gasteiger partial charge in [-0.05, 0) is 31.9 Å². The molecule has 2 atom stereocenters. The number of nitrogens with zero attached hydrogens (tertiary/aromatic N) is 2. The fourth-order valence-electron chi connectivity index (χ4n) is 1.95. The van der Waals surface area contributed by atoms with Gasteiger partial charge in [0.05, 0.1) is 6.10 Å². The summed E-state index contributed by atoms with van der Waals surface area (Å²) in [6.07, 6.45) is 3.98. The van der Waals surface area contributed by atoms with Gasteiger partial charge in [-0.1, -0.05) is 0 Å². The summed E-state index contributed by atoms with van der Waals surface area (Å²) in [5.74, 6) is 0. The lowest BCUT2D eigenvalue weighted by atomic mass is 10.0. The van der Waals surface area contributed by atoms with Crippen molar-refractivity contribution in [1.82, 2.24) is 4.98 Å². The predicted molar refractivity (Wildman–Crippen MR) is 61.0 cm³/mol. The molecule has 1 aliphatic heterocycles. The molecule has 1 aliphatic rings. The number of anilines is 1. The molecule has 0 radical (unpaired) electrons. The maximum absolute atomic E-state index is 8.75. The lowest BCUT2D eigenvalue weighted by Crippen LogP contribution is -2.32. The van der Waals surface area contributed by atoms with Gasteiger partial charge in [0, 0.05) is 24.5 Å². The molecule has 1 N–H and O–H groups in total. The zero-order chi connectivity index (χ0) is 11.4. The van der Waals surface area contributed by atoms with Crippen molar-refractivity contribution in [2.24, 2.45) is 0 Å². The van der Waals surface area contributed by atoms with E-state index in [2.05, 4.69) is 17.2 Å². The lowest BCUT2D eigenvalue weighted by molar-refractivity contribution is 0.0232. The number of ether oxygens (including phenoxy) is 1. The molecule has 4 heteroatoms. The SMILES string of the molecule is CC1CC(Nc2ccnc(C#N)c2)CCO1. The monoisotopic (exact) mass is 217 g/mol. The summed E-state index contributed by atoms with van der Waals surface area (Å²) in [6.45, 7) is 2.89. The Hall–Kier alpha value is -1.60. The molecule has 2 rings (SSSR count). The quantitative estimate of drug-likeness (QED) is 0.822. The van der Waals surface area contributed by atoms with E-state index in [0.717, 1.165) is 25.1 Å². The molecule has 2 heterocycles. The Kier molecular flexibility index (Phi) is 3.37. The van der Waals surface area contributed by atoms with Crippen LogP contribution in [0.2, 0.25) is 0 Å². The molecule has 0 spiro atoms. The second kappa shape index (κ2) is 4.95. The van der Waals surface area contributed by atoms with E-state index < -0.39 is 0 Å². The van der Waals surface area contributed by atoms with Gasteiger partial charge in [0.1, 0.15) is 11.8 Å². The highest BCUT2D eigenvalue weighted by atomic mass is 16.5. The summed E-state index contributed by atoms with van der Waals surface area (Å²) < 4.78 is 5.49. The van der Waals surface area contributed by atoms with Gasteiger partial charge < -0.3 is 10.1 Å². The van der Waals surface area contributed by atoms with Crippen LogP contribution in [0.1, 0.15) is 25.5 Å². The van der Waals surface area contributed by atoms with Crippen molar-refractivity contribution >= 4 is 5.69 Å². The third-order valence-electron chi connectivity index (χ3n) is 2.73. The molecule has 1 aromatic rings. The average Bonchev–Trinajstić information content (AvgIpc) is 2.29. The van der Waals surface area contributed by atoms with E-state index in [4.69, 9.17) is 10.00 Å². The molecule has 0 saturated carbocycles. The van der Waals surface area contributed by atoms with Gasteiger partial charge in [0.25, 0.3) is 0 Å². The van der Waals surface area contributed by atoms with Crippen LogP contribution in [0.25, 0.3) is 0 Å². The van der Waals surface area contributed by atoms with Crippen LogP contribution in [0.5, 0.6) is 0 Å². The minimum atomic E-state index is 0.309. The second-order valence-electron chi connectivity index (χ2n) is 4.09. The highest BCUT2D eigenvalue weighted by Gasteiger charge is 2.18. The first-order chi connectivity index (χ1) is 7.78. The van der Waals surface area contributed by atoms with Gasteiger partial charge in [-0.3, -0.25) is 0 Å². The maximum Gasteiger partial charge on any atom is 0.142 e. The lowest BCUT2D eigenvalue weighted by Gasteiger charge is -2.28. The zero-order valence-electron chi connectivity index (χ0n) is 9.31. The molecule has 0 aromatic carbocycles. The van der Waals surface area contributed by atoms with Crippen molar-refractivity contribution in [2.45, 2.75) is 31.9 Å². The molecular weight excluding hydrogens is 202 g/mol. The van der Waals surface area contributed by atoms with E-state index in [-0.39, 0.29) is 0 Å². The first-order valence-corrected chi connectivity index (χ1v) is 5.52. The number of aromatic nitrogens is 1. The molecule has 16 heavy (non-hydrogen) atoms. The molecule has 1 fully saturated rings. The summed E-state index contributed by atoms with van der Waals surface area (Å²) in [5.41, 5.74) is 1.41. The van der Waals surface area contributed by atoms with E-state index >= 15 is 0 Å². The summed E-state index contributed by atoms with van der Waals surface area (Å²) in [5, 5.41) is 12.2. The molecule has 1 aromatic heterocycles. The van der Waals surface area contributed by atoms with Crippen molar-refractivity contribution in [3.05, 3.63) is 24.0 Å². The van der Waals surface area contributed by atoms with Gasteiger partial charge in [-0.2, -0.15) is 5.26 Å². The number of hydrogen-bond acceptors (Lipinski definition) is 4. The van der Waals surface area contributed by atoms with Crippen molar-refractivity contribution in [1.29, 1.82) is 5.26 Å². The van der Waals surface area contributed by atoms with Gasteiger partial charge in [-0.25, -0.2) is 4.98 Å². The van der Waals surface area contributed by atoms with E-state index in [1.807, 2.05) is 12.1 Å². The van der Waals surface area contributed by atoms with Crippen LogP contribution in [0.3, 0.4) is 0 Å². The number of nitrogens with one attached hydrogen (secondary N) is 1. The minimum Gasteiger partial charge on any atom is -0.382 e. The van der Waals surface area contributed by atoms with Crippen molar-refractivity contribution in [3.63, 3.8) is 0 Å². The highest BCUT2D eigenvalue weighted by molar-refractivity contribution is 5.46.